The van der Waals surface area contributed by atoms with Crippen LogP contribution >= 0.6 is 0 Å². The zero-order chi connectivity index (χ0) is 20.9. The predicted molar refractivity (Wildman–Crippen MR) is 116 cm³/mol. The summed E-state index contributed by atoms with van der Waals surface area (Å²) in [4.78, 5) is 15.1. The molecule has 29 heavy (non-hydrogen) atoms. The van der Waals surface area contributed by atoms with Crippen LogP contribution in [-0.2, 0) is 10.0 Å². The minimum atomic E-state index is -3.14. The van der Waals surface area contributed by atoms with Gasteiger partial charge in [-0.25, -0.2) is 8.42 Å². The van der Waals surface area contributed by atoms with E-state index in [0.29, 0.717) is 37.5 Å². The normalized spacial score (nSPS) is 26.9. The molecule has 1 aliphatic carbocycles. The van der Waals surface area contributed by atoms with Gasteiger partial charge in [-0.3, -0.25) is 9.69 Å². The summed E-state index contributed by atoms with van der Waals surface area (Å²) in [6.07, 6.45) is 5.11. The number of rotatable bonds is 7. The fourth-order valence-corrected chi connectivity index (χ4v) is 6.45. The van der Waals surface area contributed by atoms with E-state index < -0.39 is 10.0 Å². The molecule has 2 fully saturated rings. The molecule has 3 rings (SSSR count). The van der Waals surface area contributed by atoms with Gasteiger partial charge in [0, 0.05) is 43.8 Å². The van der Waals surface area contributed by atoms with Crippen LogP contribution < -0.4 is 5.32 Å². The maximum atomic E-state index is 12.6. The Morgan fingerprint density at radius 1 is 1.17 bits per heavy atom. The predicted octanol–water partition coefficient (Wildman–Crippen LogP) is 2.72. The Morgan fingerprint density at radius 2 is 1.86 bits per heavy atom. The van der Waals surface area contributed by atoms with E-state index in [1.165, 1.54) is 6.42 Å². The van der Waals surface area contributed by atoms with Crippen molar-refractivity contribution in [2.75, 3.05) is 38.5 Å². The third-order valence-electron chi connectivity index (χ3n) is 6.45. The van der Waals surface area contributed by atoms with Gasteiger partial charge in [0.25, 0.3) is 5.91 Å². The zero-order valence-corrected chi connectivity index (χ0v) is 18.6. The Bertz CT molecular complexity index is 776. The maximum Gasteiger partial charge on any atom is 0.251 e. The summed E-state index contributed by atoms with van der Waals surface area (Å²) in [5.41, 5.74) is 0.602. The second-order valence-corrected chi connectivity index (χ2v) is 10.8. The van der Waals surface area contributed by atoms with Crippen molar-refractivity contribution in [3.05, 3.63) is 35.9 Å². The highest BCUT2D eigenvalue weighted by molar-refractivity contribution is 7.89. The van der Waals surface area contributed by atoms with Gasteiger partial charge in [-0.2, -0.15) is 4.31 Å². The van der Waals surface area contributed by atoms with Crippen LogP contribution in [0.15, 0.2) is 30.3 Å². The van der Waals surface area contributed by atoms with E-state index in [0.717, 1.165) is 32.4 Å². The largest absolute Gasteiger partial charge is 0.350 e. The molecule has 0 spiro atoms. The first-order valence-corrected chi connectivity index (χ1v) is 12.5. The molecule has 1 amide bonds. The molecule has 1 saturated carbocycles. The molecule has 1 N–H and O–H groups in total. The highest BCUT2D eigenvalue weighted by Gasteiger charge is 2.42. The second-order valence-electron chi connectivity index (χ2n) is 8.68. The van der Waals surface area contributed by atoms with Gasteiger partial charge >= 0.3 is 0 Å². The van der Waals surface area contributed by atoms with Gasteiger partial charge in [-0.15, -0.1) is 0 Å². The van der Waals surface area contributed by atoms with E-state index in [-0.39, 0.29) is 17.2 Å². The number of piperazine rings is 1. The molecule has 6 nitrogen and oxygen atoms in total. The molecule has 0 bridgehead atoms. The van der Waals surface area contributed by atoms with Gasteiger partial charge in [0.1, 0.15) is 0 Å². The molecule has 1 saturated heterocycles. The van der Waals surface area contributed by atoms with Crippen molar-refractivity contribution < 1.29 is 13.2 Å². The van der Waals surface area contributed by atoms with Crippen LogP contribution in [0.1, 0.15) is 56.3 Å². The molecule has 1 aromatic rings. The summed E-state index contributed by atoms with van der Waals surface area (Å²) in [5.74, 6) is 0.800. The molecule has 2 atom stereocenters. The third kappa shape index (κ3) is 5.38. The SMILES string of the molecule is CCCS(=O)(=O)N1CCN(C2(CNC(=O)c3ccccc3)CCCC(C)C2)CC1. The first-order chi connectivity index (χ1) is 13.9. The molecule has 1 aromatic carbocycles. The number of carbonyl (C=O) groups excluding carboxylic acids is 1. The van der Waals surface area contributed by atoms with E-state index in [9.17, 15) is 13.2 Å². The number of amides is 1. The Kier molecular flexibility index (Phi) is 7.35. The van der Waals surface area contributed by atoms with Gasteiger partial charge in [0.2, 0.25) is 10.0 Å². The molecule has 2 aliphatic rings. The summed E-state index contributed by atoms with van der Waals surface area (Å²) in [7, 11) is -3.14. The van der Waals surface area contributed by atoms with Crippen LogP contribution in [0.4, 0.5) is 0 Å². The number of sulfonamides is 1. The monoisotopic (exact) mass is 421 g/mol. The topological polar surface area (TPSA) is 69.7 Å². The number of nitrogens with zero attached hydrogens (tertiary/aromatic N) is 2. The van der Waals surface area contributed by atoms with Gasteiger partial charge < -0.3 is 5.32 Å². The van der Waals surface area contributed by atoms with E-state index in [2.05, 4.69) is 17.1 Å². The van der Waals surface area contributed by atoms with E-state index in [4.69, 9.17) is 0 Å². The highest BCUT2D eigenvalue weighted by atomic mass is 32.2. The molecular formula is C22H35N3O3S. The van der Waals surface area contributed by atoms with Crippen LogP contribution in [-0.4, -0.2) is 67.5 Å². The molecule has 0 radical (unpaired) electrons. The zero-order valence-electron chi connectivity index (χ0n) is 17.8. The number of hydrogen-bond acceptors (Lipinski definition) is 4. The summed E-state index contributed by atoms with van der Waals surface area (Å²) in [6, 6.07) is 9.34. The Labute approximate surface area is 175 Å². The molecule has 7 heteroatoms. The first kappa shape index (κ1) is 22.2. The maximum absolute atomic E-state index is 12.6. The van der Waals surface area contributed by atoms with E-state index in [1.807, 2.05) is 37.3 Å². The van der Waals surface area contributed by atoms with E-state index in [1.54, 1.807) is 4.31 Å². The fourth-order valence-electron chi connectivity index (χ4n) is 4.96. The van der Waals surface area contributed by atoms with Crippen molar-refractivity contribution in [3.63, 3.8) is 0 Å². The lowest BCUT2D eigenvalue weighted by Crippen LogP contribution is -2.63. The molecule has 1 heterocycles. The summed E-state index contributed by atoms with van der Waals surface area (Å²) < 4.78 is 26.5. The van der Waals surface area contributed by atoms with Crippen LogP contribution in [0.2, 0.25) is 0 Å². The summed E-state index contributed by atoms with van der Waals surface area (Å²) in [6.45, 7) is 7.37. The van der Waals surface area contributed by atoms with Gasteiger partial charge in [-0.05, 0) is 37.3 Å². The lowest BCUT2D eigenvalue weighted by molar-refractivity contribution is 0.0105. The van der Waals surface area contributed by atoms with Crippen LogP contribution in [0.5, 0.6) is 0 Å². The van der Waals surface area contributed by atoms with Crippen LogP contribution in [0.25, 0.3) is 0 Å². The molecular weight excluding hydrogens is 386 g/mol. The standard InChI is InChI=1S/C22H35N3O3S/c1-3-16-29(27,28)25-14-12-24(13-15-25)22(11-7-8-19(2)17-22)18-23-21(26)20-9-5-4-6-10-20/h4-6,9-10,19H,3,7-8,11-18H2,1-2H3,(H,23,26). The van der Waals surface area contributed by atoms with Crippen molar-refractivity contribution in [3.8, 4) is 0 Å². The number of benzene rings is 1. The summed E-state index contributed by atoms with van der Waals surface area (Å²) in [5, 5.41) is 3.18. The Hall–Kier alpha value is -1.44. The average molecular weight is 422 g/mol. The quantitative estimate of drug-likeness (QED) is 0.735. The Morgan fingerprint density at radius 3 is 2.48 bits per heavy atom. The number of hydrogen-bond donors (Lipinski definition) is 1. The van der Waals surface area contributed by atoms with Gasteiger partial charge in [-0.1, -0.05) is 44.9 Å². The average Bonchev–Trinajstić information content (AvgIpc) is 2.73. The van der Waals surface area contributed by atoms with Gasteiger partial charge in [0.15, 0.2) is 0 Å². The number of nitrogens with one attached hydrogen (secondary N) is 1. The second kappa shape index (κ2) is 9.58. The number of carbonyl (C=O) groups is 1. The minimum absolute atomic E-state index is 0.0349. The molecule has 2 unspecified atom stereocenters. The fraction of sp³-hybridized carbons (Fsp3) is 0.682. The third-order valence-corrected chi connectivity index (χ3v) is 8.52. The first-order valence-electron chi connectivity index (χ1n) is 10.9. The van der Waals surface area contributed by atoms with Crippen molar-refractivity contribution in [1.29, 1.82) is 0 Å². The highest BCUT2D eigenvalue weighted by Crippen LogP contribution is 2.37. The van der Waals surface area contributed by atoms with Crippen LogP contribution in [0.3, 0.4) is 0 Å². The van der Waals surface area contributed by atoms with Crippen LogP contribution in [0, 0.1) is 5.92 Å². The van der Waals surface area contributed by atoms with Crippen molar-refractivity contribution in [2.24, 2.45) is 5.92 Å². The van der Waals surface area contributed by atoms with Crippen molar-refractivity contribution in [1.82, 2.24) is 14.5 Å². The smallest absolute Gasteiger partial charge is 0.251 e. The molecule has 1 aliphatic heterocycles. The van der Waals surface area contributed by atoms with Crippen molar-refractivity contribution in [2.45, 2.75) is 51.5 Å². The lowest BCUT2D eigenvalue weighted by atomic mass is 9.74. The molecule has 162 valence electrons. The Balaban J connectivity index is 1.68. The van der Waals surface area contributed by atoms with Gasteiger partial charge in [0.05, 0.1) is 5.75 Å². The molecule has 0 aromatic heterocycles. The summed E-state index contributed by atoms with van der Waals surface area (Å²) >= 11 is 0. The minimum Gasteiger partial charge on any atom is -0.350 e. The van der Waals surface area contributed by atoms with Crippen molar-refractivity contribution >= 4 is 15.9 Å². The van der Waals surface area contributed by atoms with E-state index >= 15 is 0 Å². The lowest BCUT2D eigenvalue weighted by Gasteiger charge is -2.51.